The molecule has 0 bridgehead atoms. The Kier molecular flexibility index (Phi) is 17.7. The quantitative estimate of drug-likeness (QED) is 0.0898. The van der Waals surface area contributed by atoms with Crippen LogP contribution in [-0.4, -0.2) is 50.4 Å². The van der Waals surface area contributed by atoms with Gasteiger partial charge in [-0.25, -0.2) is 0 Å². The molecule has 0 aliphatic rings. The molecule has 0 aliphatic carbocycles. The van der Waals surface area contributed by atoms with Gasteiger partial charge in [0.05, 0.1) is 0 Å². The molecule has 0 amide bonds. The standard InChI is InChI=1S/3C12H22O3.Al/c3*1-6-12(8(2)3,9(4)5)10(13)7-11(14)15;/h3*8-9H,6-7H2,1-5H3,(H,14,15);/q;;;+3/p-3. The summed E-state index contributed by atoms with van der Waals surface area (Å²) in [5.41, 5.74) is -2.34. The minimum atomic E-state index is -3.93. The van der Waals surface area contributed by atoms with Crippen LogP contribution in [0.3, 0.4) is 0 Å². The van der Waals surface area contributed by atoms with Crippen molar-refractivity contribution in [3.63, 3.8) is 0 Å². The summed E-state index contributed by atoms with van der Waals surface area (Å²) in [6.45, 7) is 28.8. The smallest absolute Gasteiger partial charge is 0.550 e. The Balaban J connectivity index is 6.29. The molecule has 0 atom stereocenters. The van der Waals surface area contributed by atoms with Crippen molar-refractivity contribution < 1.29 is 40.1 Å². The van der Waals surface area contributed by atoms with Crippen LogP contribution < -0.4 is 0 Å². The van der Waals surface area contributed by atoms with Crippen molar-refractivity contribution in [1.82, 2.24) is 0 Å². The average Bonchev–Trinajstić information content (AvgIpc) is 2.88. The summed E-state index contributed by atoms with van der Waals surface area (Å²) in [6, 6.07) is 0. The second-order valence-corrected chi connectivity index (χ2v) is 16.0. The molecule has 0 fully saturated rings. The van der Waals surface area contributed by atoms with Gasteiger partial charge in [-0.1, -0.05) is 104 Å². The highest BCUT2D eigenvalue weighted by molar-refractivity contribution is 6.44. The Morgan fingerprint density at radius 1 is 0.413 bits per heavy atom. The van der Waals surface area contributed by atoms with Crippen molar-refractivity contribution in [3.05, 3.63) is 0 Å². The molecular formula is C36H63AlO9. The van der Waals surface area contributed by atoms with E-state index in [9.17, 15) is 28.8 Å². The normalized spacial score (nSPS) is 12.7. The molecule has 264 valence electrons. The number of ketones is 3. The predicted octanol–water partition coefficient (Wildman–Crippen LogP) is 7.60. The Morgan fingerprint density at radius 2 is 0.587 bits per heavy atom. The molecule has 0 saturated heterocycles. The van der Waals surface area contributed by atoms with E-state index in [4.69, 9.17) is 11.4 Å². The summed E-state index contributed by atoms with van der Waals surface area (Å²) in [4.78, 5) is 79.7. The fraction of sp³-hybridized carbons (Fsp3) is 0.833. The first-order valence-corrected chi connectivity index (χ1v) is 18.7. The van der Waals surface area contributed by atoms with Gasteiger partial charge in [-0.05, 0) is 54.8 Å². The average molecular weight is 667 g/mol. The zero-order valence-electron chi connectivity index (χ0n) is 31.5. The molecule has 0 aliphatic heterocycles. The maximum Gasteiger partial charge on any atom is 1.20 e. The van der Waals surface area contributed by atoms with Crippen molar-refractivity contribution in [2.24, 2.45) is 51.8 Å². The molecule has 0 rings (SSSR count). The lowest BCUT2D eigenvalue weighted by molar-refractivity contribution is -0.151. The van der Waals surface area contributed by atoms with Crippen molar-refractivity contribution in [3.8, 4) is 0 Å². The van der Waals surface area contributed by atoms with Gasteiger partial charge in [-0.2, -0.15) is 0 Å². The third-order valence-electron chi connectivity index (χ3n) is 11.1. The zero-order valence-corrected chi connectivity index (χ0v) is 32.6. The number of rotatable bonds is 21. The van der Waals surface area contributed by atoms with Gasteiger partial charge in [0.1, 0.15) is 36.6 Å². The van der Waals surface area contributed by atoms with Crippen LogP contribution in [0.25, 0.3) is 0 Å². The summed E-state index contributed by atoms with van der Waals surface area (Å²) in [7, 11) is 0. The van der Waals surface area contributed by atoms with E-state index < -0.39 is 68.6 Å². The zero-order chi connectivity index (χ0) is 36.4. The number of carbonyl (C=O) groups is 6. The first-order chi connectivity index (χ1) is 21.1. The van der Waals surface area contributed by atoms with Gasteiger partial charge in [0, 0.05) is 16.2 Å². The summed E-state index contributed by atoms with van der Waals surface area (Å²) in [6.07, 6.45) is -0.252. The van der Waals surface area contributed by atoms with Crippen LogP contribution >= 0.6 is 0 Å². The number of Topliss-reactive ketones (excluding diaryl/α,β-unsaturated/α-hetero) is 3. The molecular weight excluding hydrogens is 603 g/mol. The van der Waals surface area contributed by atoms with E-state index >= 15 is 0 Å². The summed E-state index contributed by atoms with van der Waals surface area (Å²) < 4.78 is 16.2. The van der Waals surface area contributed by atoms with Gasteiger partial charge >= 0.3 is 15.1 Å². The Morgan fingerprint density at radius 3 is 0.717 bits per heavy atom. The third kappa shape index (κ3) is 9.75. The lowest BCUT2D eigenvalue weighted by Crippen LogP contribution is -2.44. The predicted molar refractivity (Wildman–Crippen MR) is 180 cm³/mol. The molecule has 0 saturated carbocycles. The Labute approximate surface area is 284 Å². The third-order valence-corrected chi connectivity index (χ3v) is 12.5. The topological polar surface area (TPSA) is 130 Å². The number of hydrogen-bond donors (Lipinski definition) is 0. The first-order valence-electron chi connectivity index (χ1n) is 17.3. The maximum absolute atomic E-state index is 13.5. The van der Waals surface area contributed by atoms with E-state index in [2.05, 4.69) is 0 Å². The van der Waals surface area contributed by atoms with E-state index in [1.165, 1.54) is 0 Å². The summed E-state index contributed by atoms with van der Waals surface area (Å²) >= 11 is -3.93. The Bertz CT molecular complexity index is 914. The lowest BCUT2D eigenvalue weighted by Gasteiger charge is -2.39. The van der Waals surface area contributed by atoms with E-state index in [0.29, 0.717) is 19.3 Å². The minimum Gasteiger partial charge on any atom is -0.550 e. The van der Waals surface area contributed by atoms with Crippen molar-refractivity contribution >= 4 is 50.4 Å². The fourth-order valence-electron chi connectivity index (χ4n) is 8.38. The lowest BCUT2D eigenvalue weighted by atomic mass is 9.64. The van der Waals surface area contributed by atoms with Crippen LogP contribution in [0.15, 0.2) is 0 Å². The SMILES string of the molecule is CCC(C(=O)CC(=O)[O][Al]([O]C(=O)CC(=O)C(CC)(C(C)C)C(C)C)[O]C(=O)CC(=O)C(CC)(C(C)C)C(C)C)(C(C)C)C(C)C. The molecule has 0 aromatic carbocycles. The molecule has 46 heavy (non-hydrogen) atoms. The van der Waals surface area contributed by atoms with Crippen LogP contribution in [0.4, 0.5) is 0 Å². The maximum atomic E-state index is 13.5. The summed E-state index contributed by atoms with van der Waals surface area (Å²) in [5.74, 6) is -4.24. The molecule has 0 radical (unpaired) electrons. The second kappa shape index (κ2) is 18.5. The fourth-order valence-corrected chi connectivity index (χ4v) is 9.42. The van der Waals surface area contributed by atoms with E-state index in [1.54, 1.807) is 0 Å². The van der Waals surface area contributed by atoms with Gasteiger partial charge in [-0.15, -0.1) is 0 Å². The first kappa shape index (κ1) is 44.0. The van der Waals surface area contributed by atoms with Gasteiger partial charge < -0.3 is 11.4 Å². The summed E-state index contributed by atoms with van der Waals surface area (Å²) in [5, 5.41) is 0. The van der Waals surface area contributed by atoms with Crippen LogP contribution in [0.1, 0.15) is 142 Å². The molecule has 9 nitrogen and oxygen atoms in total. The number of hydrogen-bond acceptors (Lipinski definition) is 9. The molecule has 0 spiro atoms. The van der Waals surface area contributed by atoms with Gasteiger partial charge in [0.15, 0.2) is 0 Å². The van der Waals surface area contributed by atoms with E-state index in [1.807, 2.05) is 104 Å². The van der Waals surface area contributed by atoms with E-state index in [-0.39, 0.29) is 52.9 Å². The van der Waals surface area contributed by atoms with Crippen LogP contribution in [0.5, 0.6) is 0 Å². The minimum absolute atomic E-state index is 0.0555. The van der Waals surface area contributed by atoms with Crippen molar-refractivity contribution in [1.29, 1.82) is 0 Å². The molecule has 0 aromatic heterocycles. The Hall–Kier alpha value is -2.05. The monoisotopic (exact) mass is 666 g/mol. The van der Waals surface area contributed by atoms with Crippen molar-refractivity contribution in [2.45, 2.75) is 142 Å². The molecule has 0 N–H and O–H groups in total. The molecule has 10 heteroatoms. The highest BCUT2D eigenvalue weighted by Crippen LogP contribution is 2.43. The van der Waals surface area contributed by atoms with Crippen LogP contribution in [0, 0.1) is 51.8 Å². The second-order valence-electron chi connectivity index (χ2n) is 14.7. The number of carbonyl (C=O) groups excluding carboxylic acids is 6. The molecule has 0 unspecified atom stereocenters. The van der Waals surface area contributed by atoms with Crippen LogP contribution in [0.2, 0.25) is 0 Å². The van der Waals surface area contributed by atoms with E-state index in [0.717, 1.165) is 0 Å². The van der Waals surface area contributed by atoms with Gasteiger partial charge in [0.25, 0.3) is 17.9 Å². The highest BCUT2D eigenvalue weighted by atomic mass is 27.3. The van der Waals surface area contributed by atoms with Crippen molar-refractivity contribution in [2.75, 3.05) is 0 Å². The van der Waals surface area contributed by atoms with Crippen LogP contribution in [-0.2, 0) is 40.1 Å². The largest absolute Gasteiger partial charge is 1.20 e. The van der Waals surface area contributed by atoms with Gasteiger partial charge in [0.2, 0.25) is 0 Å². The highest BCUT2D eigenvalue weighted by Gasteiger charge is 2.53. The molecule has 0 aromatic rings. The van der Waals surface area contributed by atoms with Gasteiger partial charge in [-0.3, -0.25) is 28.8 Å². The molecule has 0 heterocycles.